The maximum absolute atomic E-state index is 13.2. The highest BCUT2D eigenvalue weighted by Crippen LogP contribution is 2.36. The van der Waals surface area contributed by atoms with Crippen LogP contribution >= 0.6 is 23.2 Å². The predicted octanol–water partition coefficient (Wildman–Crippen LogP) is 4.76. The summed E-state index contributed by atoms with van der Waals surface area (Å²) in [7, 11) is 0. The molecule has 0 saturated carbocycles. The molecule has 0 unspecified atom stereocenters. The standard InChI is InChI=1S/C24H19Cl2N3O3/c25-18-8-16(9-19(26)11-18)17-10-21-24(27-12-17)29(23(31)14-32-21)13-22(30)28-7-3-5-15-4-1-2-6-20(15)28/h1-2,4,6,8-12H,3,5,7,13-14H2. The Hall–Kier alpha value is -3.09. The van der Waals surface area contributed by atoms with Gasteiger partial charge in [-0.05, 0) is 54.3 Å². The van der Waals surface area contributed by atoms with E-state index in [9.17, 15) is 9.59 Å². The molecular weight excluding hydrogens is 449 g/mol. The summed E-state index contributed by atoms with van der Waals surface area (Å²) in [6, 6.07) is 14.9. The van der Waals surface area contributed by atoms with E-state index in [0.29, 0.717) is 28.2 Å². The number of halogens is 2. The van der Waals surface area contributed by atoms with Crippen LogP contribution in [0.4, 0.5) is 11.5 Å². The topological polar surface area (TPSA) is 62.7 Å². The van der Waals surface area contributed by atoms with Crippen LogP contribution in [0.25, 0.3) is 11.1 Å². The molecule has 32 heavy (non-hydrogen) atoms. The molecule has 0 atom stereocenters. The number of para-hydroxylation sites is 1. The zero-order valence-electron chi connectivity index (χ0n) is 17.1. The summed E-state index contributed by atoms with van der Waals surface area (Å²) >= 11 is 12.2. The van der Waals surface area contributed by atoms with Crippen LogP contribution in [0.1, 0.15) is 12.0 Å². The number of nitrogens with zero attached hydrogens (tertiary/aromatic N) is 3. The van der Waals surface area contributed by atoms with E-state index in [1.807, 2.05) is 24.3 Å². The van der Waals surface area contributed by atoms with Gasteiger partial charge in [-0.2, -0.15) is 0 Å². The fraction of sp³-hybridized carbons (Fsp3) is 0.208. The Morgan fingerprint density at radius 3 is 2.66 bits per heavy atom. The van der Waals surface area contributed by atoms with Crippen molar-refractivity contribution in [2.24, 2.45) is 0 Å². The van der Waals surface area contributed by atoms with Crippen molar-refractivity contribution in [1.29, 1.82) is 0 Å². The second kappa shape index (κ2) is 8.45. The fourth-order valence-corrected chi connectivity index (χ4v) is 4.66. The lowest BCUT2D eigenvalue weighted by atomic mass is 10.0. The number of amides is 2. The van der Waals surface area contributed by atoms with E-state index in [-0.39, 0.29) is 25.0 Å². The van der Waals surface area contributed by atoms with Gasteiger partial charge in [0, 0.05) is 34.0 Å². The number of benzene rings is 2. The Labute approximate surface area is 195 Å². The molecular formula is C24H19Cl2N3O3. The van der Waals surface area contributed by atoms with Gasteiger partial charge in [-0.1, -0.05) is 41.4 Å². The summed E-state index contributed by atoms with van der Waals surface area (Å²) in [6.07, 6.45) is 3.45. The summed E-state index contributed by atoms with van der Waals surface area (Å²) in [6.45, 7) is 0.375. The Bertz CT molecular complexity index is 1210. The maximum atomic E-state index is 13.2. The number of carbonyl (C=O) groups excluding carboxylic acids is 2. The highest BCUT2D eigenvalue weighted by Gasteiger charge is 2.32. The van der Waals surface area contributed by atoms with Crippen LogP contribution in [0.3, 0.4) is 0 Å². The van der Waals surface area contributed by atoms with E-state index in [4.69, 9.17) is 27.9 Å². The summed E-state index contributed by atoms with van der Waals surface area (Å²) in [5, 5.41) is 1.02. The van der Waals surface area contributed by atoms with Crippen molar-refractivity contribution in [1.82, 2.24) is 4.98 Å². The van der Waals surface area contributed by atoms with Crippen molar-refractivity contribution in [3.63, 3.8) is 0 Å². The number of aromatic nitrogens is 1. The second-order valence-electron chi connectivity index (χ2n) is 7.75. The molecule has 1 aromatic heterocycles. The van der Waals surface area contributed by atoms with Crippen molar-refractivity contribution >= 4 is 46.5 Å². The lowest BCUT2D eigenvalue weighted by molar-refractivity contribution is -0.124. The SMILES string of the molecule is O=C(CN1C(=O)COc2cc(-c3cc(Cl)cc(Cl)c3)cnc21)N1CCCc2ccccc21. The summed E-state index contributed by atoms with van der Waals surface area (Å²) in [4.78, 5) is 33.4. The molecule has 3 aromatic rings. The maximum Gasteiger partial charge on any atom is 0.266 e. The van der Waals surface area contributed by atoms with E-state index >= 15 is 0 Å². The van der Waals surface area contributed by atoms with Crippen molar-refractivity contribution in [3.8, 4) is 16.9 Å². The third kappa shape index (κ3) is 3.92. The first-order valence-corrected chi connectivity index (χ1v) is 11.0. The Morgan fingerprint density at radius 2 is 1.84 bits per heavy atom. The lowest BCUT2D eigenvalue weighted by Gasteiger charge is -2.33. The first-order valence-electron chi connectivity index (χ1n) is 10.3. The molecule has 0 fully saturated rings. The molecule has 8 heteroatoms. The number of aryl methyl sites for hydroxylation is 1. The largest absolute Gasteiger partial charge is 0.480 e. The van der Waals surface area contributed by atoms with E-state index in [0.717, 1.165) is 35.2 Å². The Balaban J connectivity index is 1.43. The van der Waals surface area contributed by atoms with Crippen LogP contribution in [0.15, 0.2) is 54.7 Å². The van der Waals surface area contributed by atoms with Crippen molar-refractivity contribution in [3.05, 3.63) is 70.3 Å². The van der Waals surface area contributed by atoms with Crippen molar-refractivity contribution in [2.75, 3.05) is 29.5 Å². The predicted molar refractivity (Wildman–Crippen MR) is 125 cm³/mol. The molecule has 0 N–H and O–H groups in total. The third-order valence-corrected chi connectivity index (χ3v) is 6.08. The molecule has 6 nitrogen and oxygen atoms in total. The van der Waals surface area contributed by atoms with E-state index in [2.05, 4.69) is 4.98 Å². The molecule has 0 bridgehead atoms. The Kier molecular flexibility index (Phi) is 5.49. The van der Waals surface area contributed by atoms with Crippen molar-refractivity contribution in [2.45, 2.75) is 12.8 Å². The molecule has 2 amide bonds. The van der Waals surface area contributed by atoms with Gasteiger partial charge < -0.3 is 9.64 Å². The van der Waals surface area contributed by atoms with Gasteiger partial charge in [-0.15, -0.1) is 0 Å². The smallest absolute Gasteiger partial charge is 0.266 e. The van der Waals surface area contributed by atoms with Gasteiger partial charge in [0.15, 0.2) is 18.2 Å². The molecule has 3 heterocycles. The van der Waals surface area contributed by atoms with E-state index < -0.39 is 0 Å². The number of pyridine rings is 1. The van der Waals surface area contributed by atoms with Crippen LogP contribution in [0.2, 0.25) is 10.0 Å². The molecule has 0 radical (unpaired) electrons. The minimum absolute atomic E-state index is 0.0983. The zero-order valence-corrected chi connectivity index (χ0v) is 18.6. The van der Waals surface area contributed by atoms with Gasteiger partial charge >= 0.3 is 0 Å². The van der Waals surface area contributed by atoms with Gasteiger partial charge in [-0.25, -0.2) is 4.98 Å². The number of hydrogen-bond acceptors (Lipinski definition) is 4. The molecule has 162 valence electrons. The van der Waals surface area contributed by atoms with Crippen molar-refractivity contribution < 1.29 is 14.3 Å². The molecule has 0 saturated heterocycles. The number of carbonyl (C=O) groups is 2. The van der Waals surface area contributed by atoms with Crippen LogP contribution in [-0.4, -0.2) is 36.5 Å². The van der Waals surface area contributed by atoms with Crippen LogP contribution in [0, 0.1) is 0 Å². The van der Waals surface area contributed by atoms with E-state index in [1.54, 1.807) is 35.4 Å². The minimum Gasteiger partial charge on any atom is -0.480 e. The number of ether oxygens (including phenoxy) is 1. The minimum atomic E-state index is -0.304. The molecule has 5 rings (SSSR count). The second-order valence-corrected chi connectivity index (χ2v) is 8.62. The molecule has 2 aliphatic rings. The third-order valence-electron chi connectivity index (χ3n) is 5.64. The van der Waals surface area contributed by atoms with Crippen LogP contribution in [0.5, 0.6) is 5.75 Å². The van der Waals surface area contributed by atoms with Gasteiger partial charge in [0.2, 0.25) is 5.91 Å². The van der Waals surface area contributed by atoms with E-state index in [1.165, 1.54) is 4.90 Å². The quantitative estimate of drug-likeness (QED) is 0.556. The number of rotatable bonds is 3. The monoisotopic (exact) mass is 467 g/mol. The lowest BCUT2D eigenvalue weighted by Crippen LogP contribution is -2.48. The van der Waals surface area contributed by atoms with Crippen LogP contribution < -0.4 is 14.5 Å². The molecule has 0 aliphatic carbocycles. The van der Waals surface area contributed by atoms with Gasteiger partial charge in [-0.3, -0.25) is 14.5 Å². The first kappa shape index (κ1) is 20.8. The van der Waals surface area contributed by atoms with Gasteiger partial charge in [0.1, 0.15) is 6.54 Å². The average molecular weight is 468 g/mol. The first-order chi connectivity index (χ1) is 15.5. The molecule has 0 spiro atoms. The summed E-state index contributed by atoms with van der Waals surface area (Å²) in [5.41, 5.74) is 3.58. The summed E-state index contributed by atoms with van der Waals surface area (Å²) in [5.74, 6) is 0.315. The summed E-state index contributed by atoms with van der Waals surface area (Å²) < 4.78 is 5.63. The number of anilines is 2. The highest BCUT2D eigenvalue weighted by atomic mass is 35.5. The zero-order chi connectivity index (χ0) is 22.2. The number of hydrogen-bond donors (Lipinski definition) is 0. The van der Waals surface area contributed by atoms with Gasteiger partial charge in [0.05, 0.1) is 0 Å². The number of fused-ring (bicyclic) bond motifs is 2. The normalized spacial score (nSPS) is 15.1. The molecule has 2 aliphatic heterocycles. The Morgan fingerprint density at radius 1 is 1.06 bits per heavy atom. The van der Waals surface area contributed by atoms with Crippen LogP contribution in [-0.2, 0) is 16.0 Å². The molecule has 2 aromatic carbocycles. The average Bonchev–Trinajstić information content (AvgIpc) is 2.79. The fourth-order valence-electron chi connectivity index (χ4n) is 4.14. The highest BCUT2D eigenvalue weighted by molar-refractivity contribution is 6.35. The van der Waals surface area contributed by atoms with Gasteiger partial charge in [0.25, 0.3) is 5.91 Å².